The minimum absolute atomic E-state index is 0.0125. The predicted octanol–water partition coefficient (Wildman–Crippen LogP) is 3.89. The van der Waals surface area contributed by atoms with E-state index in [4.69, 9.17) is 4.74 Å². The molecule has 5 rings (SSSR count). The summed E-state index contributed by atoms with van der Waals surface area (Å²) < 4.78 is 7.41. The van der Waals surface area contributed by atoms with Gasteiger partial charge in [-0.2, -0.15) is 0 Å². The molecule has 0 atom stereocenters. The summed E-state index contributed by atoms with van der Waals surface area (Å²) in [5.41, 5.74) is 3.45. The Labute approximate surface area is 213 Å². The molecule has 182 valence electrons. The van der Waals surface area contributed by atoms with E-state index >= 15 is 0 Å². The third-order valence-corrected chi connectivity index (χ3v) is 6.90. The number of nitrogens with zero attached hydrogens (tertiary/aromatic N) is 4. The zero-order valence-corrected chi connectivity index (χ0v) is 20.6. The summed E-state index contributed by atoms with van der Waals surface area (Å²) in [5.74, 6) is 1.18. The summed E-state index contributed by atoms with van der Waals surface area (Å²) in [4.78, 5) is 27.5. The number of para-hydroxylation sites is 3. The van der Waals surface area contributed by atoms with Crippen LogP contribution in [0.3, 0.4) is 0 Å². The second kappa shape index (κ2) is 10.7. The van der Waals surface area contributed by atoms with Gasteiger partial charge in [-0.05, 0) is 42.3 Å². The summed E-state index contributed by atoms with van der Waals surface area (Å²) in [5, 5.41) is 12.2. The first-order valence-electron chi connectivity index (χ1n) is 11.6. The number of ether oxygens (including phenoxy) is 1. The van der Waals surface area contributed by atoms with Crippen molar-refractivity contribution < 1.29 is 14.3 Å². The van der Waals surface area contributed by atoms with E-state index in [-0.39, 0.29) is 24.1 Å². The zero-order valence-electron chi connectivity index (χ0n) is 19.8. The van der Waals surface area contributed by atoms with Crippen molar-refractivity contribution in [2.45, 2.75) is 18.1 Å². The summed E-state index contributed by atoms with van der Waals surface area (Å²) in [6.07, 6.45) is 0.856. The van der Waals surface area contributed by atoms with Crippen LogP contribution >= 0.6 is 11.8 Å². The third-order valence-electron chi connectivity index (χ3n) is 5.98. The number of rotatable bonds is 8. The van der Waals surface area contributed by atoms with Crippen molar-refractivity contribution in [2.75, 3.05) is 24.3 Å². The molecule has 0 bridgehead atoms. The van der Waals surface area contributed by atoms with Gasteiger partial charge >= 0.3 is 0 Å². The van der Waals surface area contributed by atoms with E-state index in [0.717, 1.165) is 17.8 Å². The predicted molar refractivity (Wildman–Crippen MR) is 139 cm³/mol. The van der Waals surface area contributed by atoms with Crippen molar-refractivity contribution in [2.24, 2.45) is 0 Å². The molecule has 36 heavy (non-hydrogen) atoms. The number of fused-ring (bicyclic) bond motifs is 1. The number of thioether (sulfide) groups is 1. The first-order valence-corrected chi connectivity index (χ1v) is 12.6. The minimum Gasteiger partial charge on any atom is -0.495 e. The van der Waals surface area contributed by atoms with Gasteiger partial charge in [0.1, 0.15) is 5.75 Å². The van der Waals surface area contributed by atoms with Gasteiger partial charge in [-0.1, -0.05) is 60.3 Å². The van der Waals surface area contributed by atoms with Gasteiger partial charge in [-0.15, -0.1) is 10.2 Å². The maximum Gasteiger partial charge on any atom is 0.251 e. The first kappa shape index (κ1) is 23.6. The van der Waals surface area contributed by atoms with Crippen molar-refractivity contribution in [3.05, 3.63) is 95.8 Å². The van der Waals surface area contributed by atoms with Crippen LogP contribution in [0.2, 0.25) is 0 Å². The van der Waals surface area contributed by atoms with Gasteiger partial charge in [0.05, 0.1) is 25.1 Å². The molecule has 0 unspecified atom stereocenters. The molecule has 8 nitrogen and oxygen atoms in total. The minimum atomic E-state index is -0.206. The molecular formula is C27H25N5O3S. The molecule has 0 fully saturated rings. The van der Waals surface area contributed by atoms with E-state index in [1.54, 1.807) is 19.2 Å². The second-order valence-electron chi connectivity index (χ2n) is 8.17. The summed E-state index contributed by atoms with van der Waals surface area (Å²) in [6.45, 7) is 0.835. The Hall–Kier alpha value is -4.11. The van der Waals surface area contributed by atoms with Crippen molar-refractivity contribution in [3.8, 4) is 11.4 Å². The van der Waals surface area contributed by atoms with Crippen LogP contribution in [0.15, 0.2) is 84.0 Å². The standard InChI is InChI=1S/C27H25N5O3S/c1-35-23-14-8-7-13-22(23)32-24(17-28-26(34)20-10-3-2-4-11-20)29-30-27(32)36-18-25(33)31-16-15-19-9-5-6-12-21(19)31/h2-14H,15-18H2,1H3,(H,28,34). The number of carbonyl (C=O) groups is 2. The Morgan fingerprint density at radius 2 is 1.67 bits per heavy atom. The maximum absolute atomic E-state index is 13.1. The fourth-order valence-corrected chi connectivity index (χ4v) is 5.06. The molecule has 0 radical (unpaired) electrons. The van der Waals surface area contributed by atoms with Gasteiger partial charge in [0, 0.05) is 17.8 Å². The molecule has 4 aromatic rings. The molecule has 1 aromatic heterocycles. The van der Waals surface area contributed by atoms with E-state index in [0.29, 0.717) is 28.8 Å². The Bertz CT molecular complexity index is 1390. The van der Waals surface area contributed by atoms with Gasteiger partial charge < -0.3 is 15.0 Å². The third kappa shape index (κ3) is 4.83. The van der Waals surface area contributed by atoms with Crippen LogP contribution in [0.25, 0.3) is 5.69 Å². The molecule has 0 spiro atoms. The number of hydrogen-bond acceptors (Lipinski definition) is 6. The number of nitrogens with one attached hydrogen (secondary N) is 1. The normalized spacial score (nSPS) is 12.3. The molecule has 9 heteroatoms. The number of hydrogen-bond donors (Lipinski definition) is 1. The lowest BCUT2D eigenvalue weighted by Gasteiger charge is -2.17. The molecule has 3 aromatic carbocycles. The lowest BCUT2D eigenvalue weighted by atomic mass is 10.2. The van der Waals surface area contributed by atoms with E-state index in [1.807, 2.05) is 70.1 Å². The highest BCUT2D eigenvalue weighted by Gasteiger charge is 2.25. The average Bonchev–Trinajstić information content (AvgIpc) is 3.55. The molecule has 2 heterocycles. The number of anilines is 1. The molecule has 1 aliphatic heterocycles. The number of aromatic nitrogens is 3. The van der Waals surface area contributed by atoms with Crippen LogP contribution in [-0.4, -0.2) is 46.0 Å². The SMILES string of the molecule is COc1ccccc1-n1c(CNC(=O)c2ccccc2)nnc1SCC(=O)N1CCc2ccccc21. The van der Waals surface area contributed by atoms with Crippen LogP contribution in [0, 0.1) is 0 Å². The van der Waals surface area contributed by atoms with Gasteiger partial charge in [0.15, 0.2) is 11.0 Å². The Morgan fingerprint density at radius 3 is 2.47 bits per heavy atom. The van der Waals surface area contributed by atoms with Crippen LogP contribution in [0.5, 0.6) is 5.75 Å². The smallest absolute Gasteiger partial charge is 0.251 e. The fourth-order valence-electron chi connectivity index (χ4n) is 4.22. The Balaban J connectivity index is 1.38. The topological polar surface area (TPSA) is 89.3 Å². The molecule has 0 saturated heterocycles. The van der Waals surface area contributed by atoms with E-state index in [2.05, 4.69) is 21.6 Å². The molecule has 2 amide bonds. The highest BCUT2D eigenvalue weighted by molar-refractivity contribution is 7.99. The fraction of sp³-hybridized carbons (Fsp3) is 0.185. The summed E-state index contributed by atoms with van der Waals surface area (Å²) >= 11 is 1.31. The van der Waals surface area contributed by atoms with Gasteiger partial charge in [0.25, 0.3) is 5.91 Å². The Kier molecular flexibility index (Phi) is 6.99. The molecular weight excluding hydrogens is 474 g/mol. The Morgan fingerprint density at radius 1 is 0.944 bits per heavy atom. The van der Waals surface area contributed by atoms with Gasteiger partial charge in [-0.3, -0.25) is 14.2 Å². The quantitative estimate of drug-likeness (QED) is 0.370. The van der Waals surface area contributed by atoms with Crippen LogP contribution in [0.1, 0.15) is 21.7 Å². The molecule has 1 N–H and O–H groups in total. The summed E-state index contributed by atoms with van der Waals surface area (Å²) in [7, 11) is 1.60. The van der Waals surface area contributed by atoms with Gasteiger partial charge in [-0.25, -0.2) is 0 Å². The molecule has 1 aliphatic rings. The number of methoxy groups -OCH3 is 1. The van der Waals surface area contributed by atoms with E-state index in [1.165, 1.54) is 17.3 Å². The van der Waals surface area contributed by atoms with Crippen molar-refractivity contribution in [3.63, 3.8) is 0 Å². The number of amides is 2. The van der Waals surface area contributed by atoms with Crippen molar-refractivity contribution in [1.29, 1.82) is 0 Å². The molecule has 0 saturated carbocycles. The van der Waals surface area contributed by atoms with Crippen LogP contribution in [0.4, 0.5) is 5.69 Å². The zero-order chi connectivity index (χ0) is 24.9. The summed E-state index contributed by atoms with van der Waals surface area (Å²) in [6, 6.07) is 24.5. The van der Waals surface area contributed by atoms with E-state index < -0.39 is 0 Å². The van der Waals surface area contributed by atoms with E-state index in [9.17, 15) is 9.59 Å². The second-order valence-corrected chi connectivity index (χ2v) is 9.11. The number of carbonyl (C=O) groups excluding carboxylic acids is 2. The monoisotopic (exact) mass is 499 g/mol. The van der Waals surface area contributed by atoms with Crippen molar-refractivity contribution >= 4 is 29.3 Å². The highest BCUT2D eigenvalue weighted by atomic mass is 32.2. The maximum atomic E-state index is 13.1. The van der Waals surface area contributed by atoms with Crippen molar-refractivity contribution in [1.82, 2.24) is 20.1 Å². The van der Waals surface area contributed by atoms with Gasteiger partial charge in [0.2, 0.25) is 5.91 Å². The largest absolute Gasteiger partial charge is 0.495 e. The van der Waals surface area contributed by atoms with Crippen LogP contribution < -0.4 is 15.0 Å². The average molecular weight is 500 g/mol. The number of benzene rings is 3. The molecule has 0 aliphatic carbocycles. The first-order chi connectivity index (χ1) is 17.7. The highest BCUT2D eigenvalue weighted by Crippen LogP contribution is 2.31. The lowest BCUT2D eigenvalue weighted by molar-refractivity contribution is -0.116. The lowest BCUT2D eigenvalue weighted by Crippen LogP contribution is -2.30. The van der Waals surface area contributed by atoms with Crippen LogP contribution in [-0.2, 0) is 17.8 Å².